The maximum absolute atomic E-state index is 12.3. The van der Waals surface area contributed by atoms with Crippen LogP contribution < -0.4 is 10.5 Å². The summed E-state index contributed by atoms with van der Waals surface area (Å²) in [5.41, 5.74) is 5.89. The number of hydrogen-bond donors (Lipinski definition) is 2. The Bertz CT molecular complexity index is 1070. The van der Waals surface area contributed by atoms with Crippen LogP contribution in [0.25, 0.3) is 10.8 Å². The van der Waals surface area contributed by atoms with Gasteiger partial charge in [-0.25, -0.2) is 4.79 Å². The number of esters is 1. The average molecular weight is 370 g/mol. The summed E-state index contributed by atoms with van der Waals surface area (Å²) < 4.78 is 5.31. The second kappa shape index (κ2) is 6.81. The molecular formula is C18H12ClN3O4. The van der Waals surface area contributed by atoms with E-state index in [-0.39, 0.29) is 22.1 Å². The molecule has 3 aromatic rings. The van der Waals surface area contributed by atoms with Crippen molar-refractivity contribution >= 4 is 39.9 Å². The Balaban J connectivity index is 1.86. The van der Waals surface area contributed by atoms with E-state index in [1.54, 1.807) is 36.4 Å². The molecule has 7 nitrogen and oxygen atoms in total. The van der Waals surface area contributed by atoms with Crippen LogP contribution in [0.4, 0.5) is 5.69 Å². The monoisotopic (exact) mass is 369 g/mol. The molecule has 0 saturated heterocycles. The lowest BCUT2D eigenvalue weighted by atomic mass is 10.1. The fourth-order valence-electron chi connectivity index (χ4n) is 2.40. The van der Waals surface area contributed by atoms with Crippen molar-refractivity contribution in [1.29, 1.82) is 5.41 Å². The van der Waals surface area contributed by atoms with E-state index in [0.29, 0.717) is 11.3 Å². The van der Waals surface area contributed by atoms with Gasteiger partial charge in [0, 0.05) is 17.7 Å². The van der Waals surface area contributed by atoms with Gasteiger partial charge in [0.15, 0.2) is 0 Å². The minimum atomic E-state index is -0.718. The minimum absolute atomic E-state index is 0.0318. The van der Waals surface area contributed by atoms with E-state index >= 15 is 0 Å². The lowest BCUT2D eigenvalue weighted by molar-refractivity contribution is -0.384. The summed E-state index contributed by atoms with van der Waals surface area (Å²) >= 11 is 5.94. The molecule has 0 heterocycles. The van der Waals surface area contributed by atoms with Crippen molar-refractivity contribution in [2.45, 2.75) is 0 Å². The Morgan fingerprint density at radius 1 is 1.08 bits per heavy atom. The first kappa shape index (κ1) is 17.4. The molecule has 3 N–H and O–H groups in total. The van der Waals surface area contributed by atoms with E-state index in [4.69, 9.17) is 27.5 Å². The van der Waals surface area contributed by atoms with E-state index in [0.717, 1.165) is 16.8 Å². The molecule has 0 unspecified atom stereocenters. The molecule has 0 radical (unpaired) electrons. The Morgan fingerprint density at radius 2 is 1.77 bits per heavy atom. The van der Waals surface area contributed by atoms with Gasteiger partial charge in [0.05, 0.1) is 15.5 Å². The van der Waals surface area contributed by atoms with Crippen LogP contribution >= 0.6 is 11.6 Å². The zero-order valence-corrected chi connectivity index (χ0v) is 14.0. The van der Waals surface area contributed by atoms with E-state index in [1.165, 1.54) is 12.1 Å². The van der Waals surface area contributed by atoms with Crippen molar-refractivity contribution in [1.82, 2.24) is 0 Å². The zero-order valence-electron chi connectivity index (χ0n) is 13.2. The smallest absolute Gasteiger partial charge is 0.345 e. The molecule has 8 heteroatoms. The predicted molar refractivity (Wildman–Crippen MR) is 98.0 cm³/mol. The number of nitro benzene ring substituents is 1. The van der Waals surface area contributed by atoms with Crippen molar-refractivity contribution in [3.63, 3.8) is 0 Å². The van der Waals surface area contributed by atoms with Crippen molar-refractivity contribution < 1.29 is 14.5 Å². The van der Waals surface area contributed by atoms with Gasteiger partial charge in [-0.1, -0.05) is 29.8 Å². The van der Waals surface area contributed by atoms with Gasteiger partial charge in [-0.3, -0.25) is 15.5 Å². The van der Waals surface area contributed by atoms with Crippen molar-refractivity contribution in [3.8, 4) is 5.75 Å². The summed E-state index contributed by atoms with van der Waals surface area (Å²) in [6.07, 6.45) is 0. The number of non-ortho nitro benzene ring substituents is 1. The van der Waals surface area contributed by atoms with Crippen LogP contribution in [-0.4, -0.2) is 16.7 Å². The van der Waals surface area contributed by atoms with Crippen molar-refractivity contribution in [2.24, 2.45) is 5.73 Å². The largest absolute Gasteiger partial charge is 0.423 e. The van der Waals surface area contributed by atoms with Crippen LogP contribution in [0.1, 0.15) is 15.9 Å². The number of nitrogens with one attached hydrogen (secondary N) is 1. The first-order chi connectivity index (χ1) is 12.3. The number of benzene rings is 3. The number of carbonyl (C=O) groups is 1. The summed E-state index contributed by atoms with van der Waals surface area (Å²) in [6.45, 7) is 0. The minimum Gasteiger partial charge on any atom is -0.423 e. The molecule has 0 atom stereocenters. The summed E-state index contributed by atoms with van der Waals surface area (Å²) in [7, 11) is 0. The van der Waals surface area contributed by atoms with Gasteiger partial charge in [0.1, 0.15) is 11.6 Å². The molecule has 0 spiro atoms. The van der Waals surface area contributed by atoms with Crippen LogP contribution in [-0.2, 0) is 0 Å². The zero-order chi connectivity index (χ0) is 18.8. The first-order valence-electron chi connectivity index (χ1n) is 7.39. The summed E-state index contributed by atoms with van der Waals surface area (Å²) in [5, 5.41) is 19.8. The number of ether oxygens (including phenoxy) is 1. The van der Waals surface area contributed by atoms with Gasteiger partial charge in [0.25, 0.3) is 5.69 Å². The SMILES string of the molecule is N=C(N)c1ccc2cc(OC(=O)c3ccc([N+](=O)[O-])cc3Cl)ccc2c1. The molecule has 0 aliphatic rings. The number of hydrogen-bond acceptors (Lipinski definition) is 5. The van der Waals surface area contributed by atoms with Crippen LogP contribution in [0.5, 0.6) is 5.75 Å². The molecule has 0 aliphatic carbocycles. The van der Waals surface area contributed by atoms with Gasteiger partial charge in [-0.15, -0.1) is 0 Å². The van der Waals surface area contributed by atoms with Crippen molar-refractivity contribution in [3.05, 3.63) is 80.9 Å². The van der Waals surface area contributed by atoms with Crippen LogP contribution in [0.3, 0.4) is 0 Å². The van der Waals surface area contributed by atoms with Gasteiger partial charge in [0.2, 0.25) is 0 Å². The predicted octanol–water partition coefficient (Wildman–Crippen LogP) is 3.90. The van der Waals surface area contributed by atoms with Crippen molar-refractivity contribution in [2.75, 3.05) is 0 Å². The third-order valence-electron chi connectivity index (χ3n) is 3.72. The Labute approximate surface area is 152 Å². The summed E-state index contributed by atoms with van der Waals surface area (Å²) in [5.74, 6) is -0.452. The average Bonchev–Trinajstić information content (AvgIpc) is 2.60. The third kappa shape index (κ3) is 3.47. The quantitative estimate of drug-likeness (QED) is 0.180. The number of carbonyl (C=O) groups excluding carboxylic acids is 1. The van der Waals surface area contributed by atoms with Crippen LogP contribution in [0.15, 0.2) is 54.6 Å². The number of nitrogens with zero attached hydrogens (tertiary/aromatic N) is 1. The van der Waals surface area contributed by atoms with Crippen LogP contribution in [0.2, 0.25) is 5.02 Å². The highest BCUT2D eigenvalue weighted by molar-refractivity contribution is 6.33. The second-order valence-electron chi connectivity index (χ2n) is 5.45. The molecular weight excluding hydrogens is 358 g/mol. The maximum atomic E-state index is 12.3. The fraction of sp³-hybridized carbons (Fsp3) is 0. The van der Waals surface area contributed by atoms with Gasteiger partial charge < -0.3 is 10.5 Å². The number of nitrogen functional groups attached to an aromatic ring is 1. The highest BCUT2D eigenvalue weighted by Crippen LogP contribution is 2.26. The molecule has 0 amide bonds. The number of halogens is 1. The van der Waals surface area contributed by atoms with Gasteiger partial charge in [-0.05, 0) is 35.0 Å². The van der Waals surface area contributed by atoms with E-state index in [2.05, 4.69) is 0 Å². The highest BCUT2D eigenvalue weighted by atomic mass is 35.5. The van der Waals surface area contributed by atoms with E-state index in [1.807, 2.05) is 0 Å². The van der Waals surface area contributed by atoms with E-state index in [9.17, 15) is 14.9 Å². The molecule has 130 valence electrons. The van der Waals surface area contributed by atoms with Gasteiger partial charge in [-0.2, -0.15) is 0 Å². The topological polar surface area (TPSA) is 119 Å². The lowest BCUT2D eigenvalue weighted by Crippen LogP contribution is -2.10. The number of fused-ring (bicyclic) bond motifs is 1. The normalized spacial score (nSPS) is 10.5. The lowest BCUT2D eigenvalue weighted by Gasteiger charge is -2.08. The molecule has 0 saturated carbocycles. The highest BCUT2D eigenvalue weighted by Gasteiger charge is 2.17. The molecule has 3 rings (SSSR count). The summed E-state index contributed by atoms with van der Waals surface area (Å²) in [6, 6.07) is 13.8. The van der Waals surface area contributed by atoms with E-state index < -0.39 is 10.9 Å². The maximum Gasteiger partial charge on any atom is 0.345 e. The van der Waals surface area contributed by atoms with Crippen LogP contribution in [0, 0.1) is 15.5 Å². The molecule has 3 aromatic carbocycles. The molecule has 0 fully saturated rings. The number of rotatable bonds is 4. The Kier molecular flexibility index (Phi) is 4.55. The first-order valence-corrected chi connectivity index (χ1v) is 7.77. The fourth-order valence-corrected chi connectivity index (χ4v) is 2.65. The molecule has 0 aliphatic heterocycles. The van der Waals surface area contributed by atoms with Gasteiger partial charge >= 0.3 is 5.97 Å². The molecule has 26 heavy (non-hydrogen) atoms. The summed E-state index contributed by atoms with van der Waals surface area (Å²) in [4.78, 5) is 22.4. The number of amidine groups is 1. The molecule has 0 aromatic heterocycles. The number of nitrogens with two attached hydrogens (primary N) is 1. The molecule has 0 bridgehead atoms. The second-order valence-corrected chi connectivity index (χ2v) is 5.86. The number of nitro groups is 1. The third-order valence-corrected chi connectivity index (χ3v) is 4.03. The Morgan fingerprint density at radius 3 is 2.42 bits per heavy atom. The standard InChI is InChI=1S/C18H12ClN3O4/c19-16-9-13(22(24)25)4-6-15(16)18(23)26-14-5-3-10-7-12(17(20)21)2-1-11(10)8-14/h1-9H,(H3,20,21). The Hall–Kier alpha value is -3.45.